The molecule has 1 atom stereocenters. The highest BCUT2D eigenvalue weighted by Gasteiger charge is 2.42. The van der Waals surface area contributed by atoms with Gasteiger partial charge in [0.1, 0.15) is 11.7 Å². The zero-order valence-electron chi connectivity index (χ0n) is 7.91. The molecule has 0 radical (unpaired) electrons. The number of benzene rings is 1. The Hall–Kier alpha value is -1.52. The van der Waals surface area contributed by atoms with E-state index in [9.17, 15) is 18.0 Å². The van der Waals surface area contributed by atoms with Gasteiger partial charge < -0.3 is 4.74 Å². The molecule has 1 aromatic carbocycles. The molecule has 82 valence electrons. The second kappa shape index (κ2) is 4.33. The van der Waals surface area contributed by atoms with Gasteiger partial charge in [-0.05, 0) is 19.1 Å². The summed E-state index contributed by atoms with van der Waals surface area (Å²) in [6, 6.07) is 7.65. The number of rotatable bonds is 2. The molecule has 0 bridgehead atoms. The van der Waals surface area contributed by atoms with Gasteiger partial charge in [0, 0.05) is 0 Å². The average Bonchev–Trinajstić information content (AvgIpc) is 2.16. The first-order valence-electron chi connectivity index (χ1n) is 4.24. The van der Waals surface area contributed by atoms with Crippen molar-refractivity contribution >= 4 is 5.97 Å². The van der Waals surface area contributed by atoms with E-state index in [1.54, 1.807) is 18.2 Å². The Bertz CT molecular complexity index is 332. The SMILES string of the molecule is CC(C(=O)Oc1ccccc1)C(F)(F)F. The maximum atomic E-state index is 12.1. The minimum Gasteiger partial charge on any atom is -0.426 e. The lowest BCUT2D eigenvalue weighted by Gasteiger charge is -2.13. The van der Waals surface area contributed by atoms with Crippen molar-refractivity contribution in [2.24, 2.45) is 5.92 Å². The fourth-order valence-corrected chi connectivity index (χ4v) is 0.827. The van der Waals surface area contributed by atoms with Crippen molar-refractivity contribution in [3.8, 4) is 5.75 Å². The summed E-state index contributed by atoms with van der Waals surface area (Å²) in [6.07, 6.45) is -4.56. The van der Waals surface area contributed by atoms with Crippen molar-refractivity contribution in [2.45, 2.75) is 13.1 Å². The van der Waals surface area contributed by atoms with Crippen LogP contribution in [-0.4, -0.2) is 12.1 Å². The maximum absolute atomic E-state index is 12.1. The van der Waals surface area contributed by atoms with Gasteiger partial charge in [-0.1, -0.05) is 18.2 Å². The number of para-hydroxylation sites is 1. The predicted octanol–water partition coefficient (Wildman–Crippen LogP) is 2.79. The van der Waals surface area contributed by atoms with Crippen LogP contribution in [0.2, 0.25) is 0 Å². The van der Waals surface area contributed by atoms with E-state index in [1.807, 2.05) is 0 Å². The maximum Gasteiger partial charge on any atom is 0.401 e. The van der Waals surface area contributed by atoms with Gasteiger partial charge in [0.25, 0.3) is 0 Å². The second-order valence-electron chi connectivity index (χ2n) is 3.00. The van der Waals surface area contributed by atoms with E-state index in [0.717, 1.165) is 6.92 Å². The number of carbonyl (C=O) groups is 1. The van der Waals surface area contributed by atoms with Crippen molar-refractivity contribution in [3.05, 3.63) is 30.3 Å². The van der Waals surface area contributed by atoms with Crippen molar-refractivity contribution in [1.29, 1.82) is 0 Å². The lowest BCUT2D eigenvalue weighted by Crippen LogP contribution is -2.31. The van der Waals surface area contributed by atoms with Gasteiger partial charge in [-0.3, -0.25) is 4.79 Å². The molecule has 0 aromatic heterocycles. The van der Waals surface area contributed by atoms with Crippen LogP contribution in [0.3, 0.4) is 0 Å². The smallest absolute Gasteiger partial charge is 0.401 e. The summed E-state index contributed by atoms with van der Waals surface area (Å²) in [4.78, 5) is 11.0. The van der Waals surface area contributed by atoms with Gasteiger partial charge in [0.05, 0.1) is 0 Å². The summed E-state index contributed by atoms with van der Waals surface area (Å²) in [7, 11) is 0. The highest BCUT2D eigenvalue weighted by Crippen LogP contribution is 2.27. The van der Waals surface area contributed by atoms with Crippen molar-refractivity contribution in [3.63, 3.8) is 0 Å². The molecule has 0 amide bonds. The summed E-state index contributed by atoms with van der Waals surface area (Å²) in [5.74, 6) is -3.30. The summed E-state index contributed by atoms with van der Waals surface area (Å²) in [6.45, 7) is 0.769. The van der Waals surface area contributed by atoms with Crippen LogP contribution in [0.5, 0.6) is 5.75 Å². The first-order chi connectivity index (χ1) is 6.91. The van der Waals surface area contributed by atoms with Gasteiger partial charge in [-0.25, -0.2) is 0 Å². The molecule has 1 unspecified atom stereocenters. The van der Waals surface area contributed by atoms with Gasteiger partial charge >= 0.3 is 12.1 Å². The summed E-state index contributed by atoms with van der Waals surface area (Å²) < 4.78 is 40.8. The van der Waals surface area contributed by atoms with Crippen LogP contribution < -0.4 is 4.74 Å². The highest BCUT2D eigenvalue weighted by atomic mass is 19.4. The third kappa shape index (κ3) is 3.27. The van der Waals surface area contributed by atoms with Crippen LogP contribution in [-0.2, 0) is 4.79 Å². The van der Waals surface area contributed by atoms with Crippen LogP contribution in [0.1, 0.15) is 6.92 Å². The predicted molar refractivity (Wildman–Crippen MR) is 47.3 cm³/mol. The number of hydrogen-bond acceptors (Lipinski definition) is 2. The van der Waals surface area contributed by atoms with Gasteiger partial charge in [-0.2, -0.15) is 13.2 Å². The molecule has 5 heteroatoms. The van der Waals surface area contributed by atoms with Gasteiger partial charge in [0.2, 0.25) is 0 Å². The Kier molecular flexibility index (Phi) is 3.34. The lowest BCUT2D eigenvalue weighted by atomic mass is 10.2. The first kappa shape index (κ1) is 11.6. The van der Waals surface area contributed by atoms with E-state index in [1.165, 1.54) is 12.1 Å². The molecule has 0 N–H and O–H groups in total. The van der Waals surface area contributed by atoms with Crippen LogP contribution in [0, 0.1) is 5.92 Å². The molecule has 1 rings (SSSR count). The monoisotopic (exact) mass is 218 g/mol. The van der Waals surface area contributed by atoms with E-state index < -0.39 is 18.1 Å². The summed E-state index contributed by atoms with van der Waals surface area (Å²) in [5.41, 5.74) is 0. The quantitative estimate of drug-likeness (QED) is 0.563. The molecule has 0 fully saturated rings. The number of ether oxygens (including phenoxy) is 1. The molecule has 2 nitrogen and oxygen atoms in total. The number of halogens is 3. The number of hydrogen-bond donors (Lipinski definition) is 0. The topological polar surface area (TPSA) is 26.3 Å². The molecular formula is C10H9F3O2. The lowest BCUT2D eigenvalue weighted by molar-refractivity contribution is -0.187. The standard InChI is InChI=1S/C10H9F3O2/c1-7(10(11,12)13)9(14)15-8-5-3-2-4-6-8/h2-7H,1H3. The summed E-state index contributed by atoms with van der Waals surface area (Å²) in [5, 5.41) is 0. The first-order valence-corrected chi connectivity index (χ1v) is 4.24. The fourth-order valence-electron chi connectivity index (χ4n) is 0.827. The minimum absolute atomic E-state index is 0.110. The molecule has 0 saturated carbocycles. The third-order valence-electron chi connectivity index (χ3n) is 1.81. The van der Waals surface area contributed by atoms with Crippen LogP contribution in [0.15, 0.2) is 30.3 Å². The Morgan fingerprint density at radius 3 is 2.27 bits per heavy atom. The van der Waals surface area contributed by atoms with E-state index in [4.69, 9.17) is 0 Å². The molecule has 0 aliphatic rings. The molecule has 0 heterocycles. The van der Waals surface area contributed by atoms with Crippen LogP contribution in [0.4, 0.5) is 13.2 Å². The van der Waals surface area contributed by atoms with Gasteiger partial charge in [0.15, 0.2) is 0 Å². The van der Waals surface area contributed by atoms with Crippen molar-refractivity contribution < 1.29 is 22.7 Å². The van der Waals surface area contributed by atoms with Crippen molar-refractivity contribution in [1.82, 2.24) is 0 Å². The van der Waals surface area contributed by atoms with Crippen molar-refractivity contribution in [2.75, 3.05) is 0 Å². The number of esters is 1. The minimum atomic E-state index is -4.56. The molecule has 0 aliphatic heterocycles. The van der Waals surface area contributed by atoms with E-state index >= 15 is 0 Å². The van der Waals surface area contributed by atoms with E-state index in [0.29, 0.717) is 0 Å². The zero-order valence-corrected chi connectivity index (χ0v) is 7.91. The fraction of sp³-hybridized carbons (Fsp3) is 0.300. The van der Waals surface area contributed by atoms with E-state index in [2.05, 4.69) is 4.74 Å². The molecule has 0 saturated heterocycles. The average molecular weight is 218 g/mol. The molecule has 1 aromatic rings. The number of carbonyl (C=O) groups excluding carboxylic acids is 1. The Morgan fingerprint density at radius 1 is 1.27 bits per heavy atom. The third-order valence-corrected chi connectivity index (χ3v) is 1.81. The van der Waals surface area contributed by atoms with E-state index in [-0.39, 0.29) is 5.75 Å². The molecule has 0 aliphatic carbocycles. The largest absolute Gasteiger partial charge is 0.426 e. The second-order valence-corrected chi connectivity index (χ2v) is 3.00. The number of alkyl halides is 3. The Morgan fingerprint density at radius 2 is 1.80 bits per heavy atom. The summed E-state index contributed by atoms with van der Waals surface area (Å²) >= 11 is 0. The Labute approximate surface area is 84.7 Å². The molecular weight excluding hydrogens is 209 g/mol. The highest BCUT2D eigenvalue weighted by molar-refractivity contribution is 5.75. The zero-order chi connectivity index (χ0) is 11.5. The molecule has 0 spiro atoms. The van der Waals surface area contributed by atoms with Crippen LogP contribution >= 0.6 is 0 Å². The van der Waals surface area contributed by atoms with Gasteiger partial charge in [-0.15, -0.1) is 0 Å². The van der Waals surface area contributed by atoms with Crippen LogP contribution in [0.25, 0.3) is 0 Å². The Balaban J connectivity index is 2.65. The normalized spacial score (nSPS) is 13.3. The molecule has 15 heavy (non-hydrogen) atoms.